The van der Waals surface area contributed by atoms with Gasteiger partial charge in [-0.25, -0.2) is 14.8 Å². The highest BCUT2D eigenvalue weighted by atomic mass is 32.1. The third-order valence-corrected chi connectivity index (χ3v) is 3.65. The lowest BCUT2D eigenvalue weighted by Crippen LogP contribution is -2.11. The van der Waals surface area contributed by atoms with Gasteiger partial charge in [-0.15, -0.1) is 11.3 Å². The Labute approximate surface area is 115 Å². The molecular weight excluding hydrogens is 262 g/mol. The number of nitrogens with one attached hydrogen (secondary N) is 1. The smallest absolute Gasteiger partial charge is 0.356 e. The SMILES string of the molecule is COC(=O)c1cc(NCC(C)c2nccs2)ccn1. The van der Waals surface area contributed by atoms with Gasteiger partial charge >= 0.3 is 5.97 Å². The molecule has 0 aliphatic carbocycles. The van der Waals surface area contributed by atoms with Crippen molar-refractivity contribution in [2.24, 2.45) is 0 Å². The molecule has 0 aliphatic heterocycles. The van der Waals surface area contributed by atoms with Crippen molar-refractivity contribution < 1.29 is 9.53 Å². The second-order valence-electron chi connectivity index (χ2n) is 4.07. The van der Waals surface area contributed by atoms with Gasteiger partial charge in [0.2, 0.25) is 0 Å². The number of carbonyl (C=O) groups is 1. The van der Waals surface area contributed by atoms with Gasteiger partial charge in [-0.05, 0) is 12.1 Å². The van der Waals surface area contributed by atoms with Crippen LogP contribution in [0.5, 0.6) is 0 Å². The summed E-state index contributed by atoms with van der Waals surface area (Å²) in [5.41, 5.74) is 1.15. The van der Waals surface area contributed by atoms with Crippen LogP contribution in [0, 0.1) is 0 Å². The number of carbonyl (C=O) groups excluding carboxylic acids is 1. The summed E-state index contributed by atoms with van der Waals surface area (Å²) in [7, 11) is 1.34. The van der Waals surface area contributed by atoms with Gasteiger partial charge in [0.15, 0.2) is 0 Å². The fourth-order valence-electron chi connectivity index (χ4n) is 1.59. The van der Waals surface area contributed by atoms with Crippen molar-refractivity contribution in [3.8, 4) is 0 Å². The Morgan fingerprint density at radius 2 is 2.32 bits per heavy atom. The van der Waals surface area contributed by atoms with Gasteiger partial charge in [-0.1, -0.05) is 6.92 Å². The molecule has 0 aromatic carbocycles. The van der Waals surface area contributed by atoms with E-state index in [1.807, 2.05) is 11.4 Å². The Kier molecular flexibility index (Phi) is 4.46. The topological polar surface area (TPSA) is 64.1 Å². The quantitative estimate of drug-likeness (QED) is 0.851. The van der Waals surface area contributed by atoms with E-state index in [2.05, 4.69) is 26.9 Å². The molecule has 0 radical (unpaired) electrons. The molecule has 19 heavy (non-hydrogen) atoms. The predicted octanol–water partition coefficient (Wildman–Crippen LogP) is 2.54. The van der Waals surface area contributed by atoms with Gasteiger partial charge in [0.05, 0.1) is 12.1 Å². The van der Waals surface area contributed by atoms with Crippen molar-refractivity contribution in [3.63, 3.8) is 0 Å². The summed E-state index contributed by atoms with van der Waals surface area (Å²) in [4.78, 5) is 19.6. The Hall–Kier alpha value is -1.95. The van der Waals surface area contributed by atoms with E-state index in [0.717, 1.165) is 17.2 Å². The molecule has 100 valence electrons. The van der Waals surface area contributed by atoms with E-state index in [0.29, 0.717) is 11.6 Å². The number of rotatable bonds is 5. The van der Waals surface area contributed by atoms with Crippen LogP contribution < -0.4 is 5.32 Å². The largest absolute Gasteiger partial charge is 0.464 e. The van der Waals surface area contributed by atoms with Crippen LogP contribution >= 0.6 is 11.3 Å². The third-order valence-electron chi connectivity index (χ3n) is 2.64. The Morgan fingerprint density at radius 3 is 3.00 bits per heavy atom. The van der Waals surface area contributed by atoms with Crippen LogP contribution in [0.3, 0.4) is 0 Å². The number of hydrogen-bond acceptors (Lipinski definition) is 6. The molecule has 2 aromatic rings. The van der Waals surface area contributed by atoms with Crippen LogP contribution in [0.4, 0.5) is 5.69 Å². The Morgan fingerprint density at radius 1 is 1.47 bits per heavy atom. The molecule has 6 heteroatoms. The number of ether oxygens (including phenoxy) is 1. The Balaban J connectivity index is 1.98. The maximum absolute atomic E-state index is 11.4. The van der Waals surface area contributed by atoms with Crippen molar-refractivity contribution in [1.29, 1.82) is 0 Å². The van der Waals surface area contributed by atoms with E-state index >= 15 is 0 Å². The van der Waals surface area contributed by atoms with Crippen LogP contribution in [0.15, 0.2) is 29.9 Å². The molecule has 0 fully saturated rings. The normalized spacial score (nSPS) is 11.9. The summed E-state index contributed by atoms with van der Waals surface area (Å²) in [5.74, 6) is -0.119. The summed E-state index contributed by atoms with van der Waals surface area (Å²) in [6.07, 6.45) is 3.39. The molecule has 2 heterocycles. The zero-order valence-corrected chi connectivity index (χ0v) is 11.6. The number of thiazole rings is 1. The van der Waals surface area contributed by atoms with Crippen molar-refractivity contribution in [2.45, 2.75) is 12.8 Å². The van der Waals surface area contributed by atoms with Gasteiger partial charge in [0.25, 0.3) is 0 Å². The minimum atomic E-state index is -0.434. The predicted molar refractivity (Wildman–Crippen MR) is 74.6 cm³/mol. The van der Waals surface area contributed by atoms with E-state index < -0.39 is 5.97 Å². The molecular formula is C13H15N3O2S. The first-order valence-electron chi connectivity index (χ1n) is 5.88. The maximum atomic E-state index is 11.4. The van der Waals surface area contributed by atoms with Crippen molar-refractivity contribution in [2.75, 3.05) is 19.0 Å². The average Bonchev–Trinajstić information content (AvgIpc) is 2.98. The van der Waals surface area contributed by atoms with Gasteiger partial charge in [0.1, 0.15) is 5.69 Å². The Bertz CT molecular complexity index is 543. The summed E-state index contributed by atoms with van der Waals surface area (Å²) in [6.45, 7) is 2.85. The molecule has 1 atom stereocenters. The first kappa shape index (κ1) is 13.5. The average molecular weight is 277 g/mol. The molecule has 2 rings (SSSR count). The number of hydrogen-bond donors (Lipinski definition) is 1. The zero-order chi connectivity index (χ0) is 13.7. The molecule has 0 bridgehead atoms. The van der Waals surface area contributed by atoms with Crippen LogP contribution in [-0.4, -0.2) is 29.6 Å². The van der Waals surface area contributed by atoms with E-state index in [9.17, 15) is 4.79 Å². The van der Waals surface area contributed by atoms with Gasteiger partial charge in [-0.2, -0.15) is 0 Å². The maximum Gasteiger partial charge on any atom is 0.356 e. The highest BCUT2D eigenvalue weighted by Crippen LogP contribution is 2.18. The van der Waals surface area contributed by atoms with E-state index in [-0.39, 0.29) is 0 Å². The molecule has 0 saturated heterocycles. The minimum Gasteiger partial charge on any atom is -0.464 e. The zero-order valence-electron chi connectivity index (χ0n) is 10.8. The minimum absolute atomic E-state index is 0.300. The summed E-state index contributed by atoms with van der Waals surface area (Å²) in [6, 6.07) is 3.50. The molecule has 0 aliphatic rings. The second-order valence-corrected chi connectivity index (χ2v) is 5.00. The molecule has 0 amide bonds. The lowest BCUT2D eigenvalue weighted by Gasteiger charge is -2.11. The van der Waals surface area contributed by atoms with Crippen LogP contribution in [0.2, 0.25) is 0 Å². The monoisotopic (exact) mass is 277 g/mol. The molecule has 0 spiro atoms. The van der Waals surface area contributed by atoms with Gasteiger partial charge < -0.3 is 10.1 Å². The lowest BCUT2D eigenvalue weighted by atomic mass is 10.2. The first-order valence-corrected chi connectivity index (χ1v) is 6.76. The number of aromatic nitrogens is 2. The first-order chi connectivity index (χ1) is 9.20. The third kappa shape index (κ3) is 3.51. The fourth-order valence-corrected chi connectivity index (χ4v) is 2.29. The van der Waals surface area contributed by atoms with Crippen molar-refractivity contribution in [1.82, 2.24) is 9.97 Å². The van der Waals surface area contributed by atoms with E-state index in [4.69, 9.17) is 0 Å². The van der Waals surface area contributed by atoms with E-state index in [1.165, 1.54) is 7.11 Å². The summed E-state index contributed by atoms with van der Waals surface area (Å²) in [5, 5.41) is 6.33. The molecule has 0 saturated carbocycles. The molecule has 1 N–H and O–H groups in total. The van der Waals surface area contributed by atoms with Crippen LogP contribution in [-0.2, 0) is 4.74 Å². The second kappa shape index (κ2) is 6.29. The van der Waals surface area contributed by atoms with Gasteiger partial charge in [0, 0.05) is 35.9 Å². The number of pyridine rings is 1. The van der Waals surface area contributed by atoms with Gasteiger partial charge in [-0.3, -0.25) is 0 Å². The van der Waals surface area contributed by atoms with E-state index in [1.54, 1.807) is 29.8 Å². The highest BCUT2D eigenvalue weighted by molar-refractivity contribution is 7.09. The van der Waals surface area contributed by atoms with Crippen LogP contribution in [0.1, 0.15) is 28.3 Å². The number of anilines is 1. The lowest BCUT2D eigenvalue weighted by molar-refractivity contribution is 0.0594. The van der Waals surface area contributed by atoms with Crippen molar-refractivity contribution in [3.05, 3.63) is 40.6 Å². The number of esters is 1. The molecule has 2 aromatic heterocycles. The summed E-state index contributed by atoms with van der Waals surface area (Å²) < 4.78 is 4.64. The molecule has 1 unspecified atom stereocenters. The molecule has 5 nitrogen and oxygen atoms in total. The number of nitrogens with zero attached hydrogens (tertiary/aromatic N) is 2. The number of methoxy groups -OCH3 is 1. The van der Waals surface area contributed by atoms with Crippen molar-refractivity contribution >= 4 is 23.0 Å². The fraction of sp³-hybridized carbons (Fsp3) is 0.308. The standard InChI is InChI=1S/C13H15N3O2S/c1-9(12-15-5-6-19-12)8-16-10-3-4-14-11(7-10)13(17)18-2/h3-7,9H,8H2,1-2H3,(H,14,16). The summed E-state index contributed by atoms with van der Waals surface area (Å²) >= 11 is 1.64. The van der Waals surface area contributed by atoms with Crippen LogP contribution in [0.25, 0.3) is 0 Å². The highest BCUT2D eigenvalue weighted by Gasteiger charge is 2.10.